The maximum atomic E-state index is 12.5. The molecule has 280 valence electrons. The number of para-hydroxylation sites is 2. The molecule has 0 spiro atoms. The average molecular weight is 789 g/mol. The number of aromatic nitrogens is 4. The van der Waals surface area contributed by atoms with Gasteiger partial charge in [-0.2, -0.15) is 0 Å². The highest BCUT2D eigenvalue weighted by Gasteiger charge is 2.12. The monoisotopic (exact) mass is 788 g/mol. The topological polar surface area (TPSA) is 130 Å². The molecule has 0 saturated heterocycles. The summed E-state index contributed by atoms with van der Waals surface area (Å²) in [5.74, 6) is 0. The third-order valence-electron chi connectivity index (χ3n) is 7.73. The number of anilines is 4. The number of nitrogens with one attached hydrogen (secondary N) is 1. The summed E-state index contributed by atoms with van der Waals surface area (Å²) >= 11 is 8.46. The molecule has 0 bridgehead atoms. The molecule has 0 fully saturated rings. The van der Waals surface area contributed by atoms with Gasteiger partial charge in [0.1, 0.15) is 10.0 Å². The lowest BCUT2D eigenvalue weighted by molar-refractivity contribution is 0.258. The van der Waals surface area contributed by atoms with Gasteiger partial charge in [0.25, 0.3) is 0 Å². The first kappa shape index (κ1) is 41.5. The van der Waals surface area contributed by atoms with Crippen LogP contribution >= 0.6 is 34.3 Å². The van der Waals surface area contributed by atoms with E-state index in [-0.39, 0.29) is 20.9 Å². The predicted molar refractivity (Wildman–Crippen MR) is 234 cm³/mol. The lowest BCUT2D eigenvalue weighted by atomic mass is 10.2. The Labute approximate surface area is 333 Å². The zero-order valence-corrected chi connectivity index (χ0v) is 31.0. The molecular weight excluding hydrogens is 748 g/mol. The molecule has 3 N–H and O–H groups in total. The SMILES string of the molecule is C.C.CN(C(=O)Cl)c1ccccc1.CN(C(=O)Nc1cccc(-c2nc3ccncc3s2)c1)c1ccccc1.Nc1cccc(-c2nc3ccncc3s2)c1. The van der Waals surface area contributed by atoms with Gasteiger partial charge in [0.2, 0.25) is 0 Å². The molecule has 55 heavy (non-hydrogen) atoms. The van der Waals surface area contributed by atoms with Gasteiger partial charge in [-0.05, 0) is 72.3 Å². The van der Waals surface area contributed by atoms with Crippen molar-refractivity contribution in [1.82, 2.24) is 19.9 Å². The van der Waals surface area contributed by atoms with Crippen molar-refractivity contribution in [3.05, 3.63) is 146 Å². The molecule has 3 amide bonds. The zero-order chi connectivity index (χ0) is 37.2. The van der Waals surface area contributed by atoms with Crippen molar-refractivity contribution in [2.75, 3.05) is 34.9 Å². The molecule has 4 heterocycles. The molecule has 0 unspecified atom stereocenters. The van der Waals surface area contributed by atoms with E-state index in [2.05, 4.69) is 25.3 Å². The molecule has 0 atom stereocenters. The quantitative estimate of drug-likeness (QED) is 0.101. The van der Waals surface area contributed by atoms with Crippen molar-refractivity contribution in [3.63, 3.8) is 0 Å². The Morgan fingerprint density at radius 3 is 1.62 bits per heavy atom. The molecule has 0 aliphatic carbocycles. The van der Waals surface area contributed by atoms with Crippen LogP contribution in [0.1, 0.15) is 14.9 Å². The number of thiazole rings is 2. The number of hydrogen-bond donors (Lipinski definition) is 2. The van der Waals surface area contributed by atoms with Crippen molar-refractivity contribution in [1.29, 1.82) is 0 Å². The van der Waals surface area contributed by atoms with Gasteiger partial charge >= 0.3 is 11.4 Å². The lowest BCUT2D eigenvalue weighted by Crippen LogP contribution is -2.31. The number of carbonyl (C=O) groups excluding carboxylic acids is 2. The van der Waals surface area contributed by atoms with Gasteiger partial charge in [-0.3, -0.25) is 19.7 Å². The fraction of sp³-hybridized carbons (Fsp3) is 0.0952. The third-order valence-corrected chi connectivity index (χ3v) is 10.1. The van der Waals surface area contributed by atoms with Gasteiger partial charge in [-0.15, -0.1) is 22.7 Å². The fourth-order valence-corrected chi connectivity index (χ4v) is 6.89. The van der Waals surface area contributed by atoms with Gasteiger partial charge in [0.15, 0.2) is 0 Å². The highest BCUT2D eigenvalue weighted by molar-refractivity contribution is 7.22. The number of pyridine rings is 2. The number of nitrogen functional groups attached to an aromatic ring is 1. The zero-order valence-electron chi connectivity index (χ0n) is 28.6. The smallest absolute Gasteiger partial charge is 0.326 e. The van der Waals surface area contributed by atoms with E-state index in [1.807, 2.05) is 134 Å². The van der Waals surface area contributed by atoms with Crippen molar-refractivity contribution in [2.24, 2.45) is 0 Å². The van der Waals surface area contributed by atoms with E-state index in [0.29, 0.717) is 0 Å². The molecule has 10 nitrogen and oxygen atoms in total. The van der Waals surface area contributed by atoms with Crippen LogP contribution in [0, 0.1) is 0 Å². The maximum Gasteiger partial charge on any atom is 0.326 e. The van der Waals surface area contributed by atoms with E-state index >= 15 is 0 Å². The molecule has 4 aromatic carbocycles. The van der Waals surface area contributed by atoms with Crippen LogP contribution in [0.4, 0.5) is 32.3 Å². The standard InChI is InChI=1S/C20H16N4OS.C12H9N3S.C8H8ClNO.2CH4/c1-24(16-8-3-2-4-9-16)20(25)22-15-7-5-6-14(12-15)19-23-17-10-11-21-13-18(17)26-19;13-9-3-1-2-8(6-9)12-15-10-4-5-14-7-11(10)16-12;1-10(8(9)11)7-5-3-2-4-6-7;;/h2-13H,1H3,(H,22,25);1-7H,13H2;2-6H,1H3;2*1H4. The van der Waals surface area contributed by atoms with Crippen molar-refractivity contribution >= 4 is 88.9 Å². The van der Waals surface area contributed by atoms with E-state index in [1.54, 1.807) is 54.1 Å². The second kappa shape index (κ2) is 19.7. The molecule has 0 aliphatic heterocycles. The Bertz CT molecular complexity index is 2390. The molecule has 8 rings (SSSR count). The van der Waals surface area contributed by atoms with E-state index in [1.165, 1.54) is 4.90 Å². The Balaban J connectivity index is 0.000000199. The van der Waals surface area contributed by atoms with Gasteiger partial charge in [-0.25, -0.2) is 14.8 Å². The lowest BCUT2D eigenvalue weighted by Gasteiger charge is -2.18. The molecule has 4 aromatic heterocycles. The van der Waals surface area contributed by atoms with Crippen LogP contribution in [0.15, 0.2) is 146 Å². The molecule has 0 radical (unpaired) electrons. The molecule has 0 saturated carbocycles. The molecule has 13 heteroatoms. The number of urea groups is 1. The summed E-state index contributed by atoms with van der Waals surface area (Å²) in [4.78, 5) is 43.5. The number of amides is 3. The van der Waals surface area contributed by atoms with Crippen LogP contribution in [-0.4, -0.2) is 45.4 Å². The third kappa shape index (κ3) is 10.9. The van der Waals surface area contributed by atoms with Gasteiger partial charge in [-0.1, -0.05) is 75.5 Å². The minimum atomic E-state index is -0.476. The first-order valence-electron chi connectivity index (χ1n) is 16.2. The van der Waals surface area contributed by atoms with E-state index in [4.69, 9.17) is 17.3 Å². The number of halogens is 1. The number of hydrogen-bond acceptors (Lipinski definition) is 9. The summed E-state index contributed by atoms with van der Waals surface area (Å²) in [5, 5.41) is 4.34. The first-order valence-corrected chi connectivity index (χ1v) is 18.2. The Hall–Kier alpha value is -6.21. The number of rotatable bonds is 5. The number of benzene rings is 4. The van der Waals surface area contributed by atoms with Crippen molar-refractivity contribution < 1.29 is 9.59 Å². The number of fused-ring (bicyclic) bond motifs is 2. The van der Waals surface area contributed by atoms with Crippen LogP contribution in [0.2, 0.25) is 0 Å². The second-order valence-electron chi connectivity index (χ2n) is 11.4. The van der Waals surface area contributed by atoms with Crippen molar-refractivity contribution in [2.45, 2.75) is 14.9 Å². The summed E-state index contributed by atoms with van der Waals surface area (Å²) in [5.41, 5.74) is 12.8. The summed E-state index contributed by atoms with van der Waals surface area (Å²) < 4.78 is 2.14. The van der Waals surface area contributed by atoms with Crippen LogP contribution in [0.5, 0.6) is 0 Å². The minimum Gasteiger partial charge on any atom is -0.399 e. The average Bonchev–Trinajstić information content (AvgIpc) is 3.84. The Morgan fingerprint density at radius 2 is 1.13 bits per heavy atom. The Kier molecular flexibility index (Phi) is 14.9. The molecular formula is C42H41ClN8O2S2. The summed E-state index contributed by atoms with van der Waals surface area (Å²) in [6.07, 6.45) is 7.15. The number of carbonyl (C=O) groups is 2. The molecule has 0 aliphatic rings. The van der Waals surface area contributed by atoms with E-state index in [0.717, 1.165) is 64.3 Å². The van der Waals surface area contributed by atoms with Gasteiger partial charge in [0, 0.05) is 72.8 Å². The summed E-state index contributed by atoms with van der Waals surface area (Å²) in [7, 11) is 3.37. The normalized spacial score (nSPS) is 10.0. The van der Waals surface area contributed by atoms with Crippen LogP contribution in [0.3, 0.4) is 0 Å². The highest BCUT2D eigenvalue weighted by atomic mass is 35.5. The minimum absolute atomic E-state index is 0. The summed E-state index contributed by atoms with van der Waals surface area (Å²) in [6, 6.07) is 37.8. The Morgan fingerprint density at radius 1 is 0.636 bits per heavy atom. The number of nitrogens with two attached hydrogens (primary N) is 1. The van der Waals surface area contributed by atoms with Gasteiger partial charge in [0.05, 0.1) is 20.4 Å². The van der Waals surface area contributed by atoms with Crippen LogP contribution in [0.25, 0.3) is 41.6 Å². The fourth-order valence-electron chi connectivity index (χ4n) is 4.94. The van der Waals surface area contributed by atoms with Gasteiger partial charge < -0.3 is 16.0 Å². The maximum absolute atomic E-state index is 12.5. The number of nitrogens with zero attached hydrogens (tertiary/aromatic N) is 6. The predicted octanol–water partition coefficient (Wildman–Crippen LogP) is 11.7. The van der Waals surface area contributed by atoms with Crippen LogP contribution in [-0.2, 0) is 0 Å². The van der Waals surface area contributed by atoms with E-state index < -0.39 is 5.37 Å². The van der Waals surface area contributed by atoms with E-state index in [9.17, 15) is 9.59 Å². The molecule has 8 aromatic rings. The summed E-state index contributed by atoms with van der Waals surface area (Å²) in [6.45, 7) is 0. The van der Waals surface area contributed by atoms with Crippen LogP contribution < -0.4 is 20.9 Å². The second-order valence-corrected chi connectivity index (χ2v) is 13.8. The highest BCUT2D eigenvalue weighted by Crippen LogP contribution is 2.32. The largest absolute Gasteiger partial charge is 0.399 e. The van der Waals surface area contributed by atoms with Crippen molar-refractivity contribution in [3.8, 4) is 21.1 Å². The first-order chi connectivity index (χ1) is 25.7.